The molecule has 5 nitrogen and oxygen atoms in total. The van der Waals surface area contributed by atoms with E-state index in [2.05, 4.69) is 0 Å². The van der Waals surface area contributed by atoms with Gasteiger partial charge in [0.2, 0.25) is 0 Å². The van der Waals surface area contributed by atoms with Crippen LogP contribution >= 0.6 is 0 Å². The van der Waals surface area contributed by atoms with Gasteiger partial charge >= 0.3 is 13.2 Å². The summed E-state index contributed by atoms with van der Waals surface area (Å²) in [6, 6.07) is 7.56. The summed E-state index contributed by atoms with van der Waals surface area (Å²) in [5.74, 6) is 0. The summed E-state index contributed by atoms with van der Waals surface area (Å²) in [6.45, 7) is 12.2. The van der Waals surface area contributed by atoms with Gasteiger partial charge in [-0.1, -0.05) is 24.3 Å². The summed E-state index contributed by atoms with van der Waals surface area (Å²) in [5.41, 5.74) is 1.06. The number of amides is 1. The van der Waals surface area contributed by atoms with E-state index in [4.69, 9.17) is 9.31 Å². The second kappa shape index (κ2) is 6.17. The Bertz CT molecular complexity index is 572. The molecule has 0 saturated carbocycles. The van der Waals surface area contributed by atoms with Gasteiger partial charge in [0.15, 0.2) is 0 Å². The van der Waals surface area contributed by atoms with Crippen molar-refractivity contribution >= 4 is 18.7 Å². The molecule has 0 spiro atoms. The number of benzene rings is 1. The molecule has 1 aromatic rings. The third kappa shape index (κ3) is 3.38. The molecule has 1 N–H and O–H groups in total. The third-order valence-corrected chi connectivity index (χ3v) is 4.97. The SMILES string of the molecule is CCN(C(=O)O)C(C)c1cccc(B2OC(C)(C)C(C)(C)O2)c1. The molecule has 0 aliphatic carbocycles. The van der Waals surface area contributed by atoms with Crippen LogP contribution in [-0.4, -0.2) is 41.0 Å². The molecule has 23 heavy (non-hydrogen) atoms. The Morgan fingerprint density at radius 1 is 1.26 bits per heavy atom. The minimum Gasteiger partial charge on any atom is -0.465 e. The summed E-state index contributed by atoms with van der Waals surface area (Å²) in [5, 5.41) is 9.30. The predicted octanol–water partition coefficient (Wildman–Crippen LogP) is 3.05. The first-order valence-corrected chi connectivity index (χ1v) is 8.04. The molecular weight excluding hydrogens is 293 g/mol. The van der Waals surface area contributed by atoms with Crippen molar-refractivity contribution in [1.29, 1.82) is 0 Å². The summed E-state index contributed by atoms with van der Waals surface area (Å²) in [4.78, 5) is 12.7. The second-order valence-corrected chi connectivity index (χ2v) is 7.00. The maximum absolute atomic E-state index is 11.3. The maximum Gasteiger partial charge on any atom is 0.494 e. The molecule has 1 unspecified atom stereocenters. The van der Waals surface area contributed by atoms with Crippen LogP contribution in [0.1, 0.15) is 53.1 Å². The van der Waals surface area contributed by atoms with E-state index in [9.17, 15) is 9.90 Å². The van der Waals surface area contributed by atoms with Crippen LogP contribution in [0.3, 0.4) is 0 Å². The summed E-state index contributed by atoms with van der Waals surface area (Å²) >= 11 is 0. The smallest absolute Gasteiger partial charge is 0.465 e. The molecule has 1 aliphatic rings. The van der Waals surface area contributed by atoms with Gasteiger partial charge in [-0.3, -0.25) is 0 Å². The van der Waals surface area contributed by atoms with Gasteiger partial charge < -0.3 is 19.3 Å². The van der Waals surface area contributed by atoms with E-state index in [1.165, 1.54) is 4.90 Å². The summed E-state index contributed by atoms with van der Waals surface area (Å²) in [7, 11) is -0.438. The first-order valence-electron chi connectivity index (χ1n) is 8.04. The largest absolute Gasteiger partial charge is 0.494 e. The van der Waals surface area contributed by atoms with Crippen LogP contribution in [0.15, 0.2) is 24.3 Å². The normalized spacial score (nSPS) is 20.3. The lowest BCUT2D eigenvalue weighted by Crippen LogP contribution is -2.41. The Kier molecular flexibility index (Phi) is 4.78. The molecule has 1 amide bonds. The highest BCUT2D eigenvalue weighted by atomic mass is 16.7. The van der Waals surface area contributed by atoms with E-state index in [0.29, 0.717) is 6.54 Å². The van der Waals surface area contributed by atoms with Crippen LogP contribution in [0.5, 0.6) is 0 Å². The minimum atomic E-state index is -0.916. The van der Waals surface area contributed by atoms with Gasteiger partial charge in [0.05, 0.1) is 17.2 Å². The Morgan fingerprint density at radius 3 is 2.30 bits per heavy atom. The first kappa shape index (κ1) is 17.8. The van der Waals surface area contributed by atoms with Crippen molar-refractivity contribution in [1.82, 2.24) is 4.90 Å². The van der Waals surface area contributed by atoms with Gasteiger partial charge in [0.1, 0.15) is 0 Å². The fraction of sp³-hybridized carbons (Fsp3) is 0.588. The molecule has 1 atom stereocenters. The van der Waals surface area contributed by atoms with Crippen LogP contribution in [0.25, 0.3) is 0 Å². The summed E-state index contributed by atoms with van der Waals surface area (Å²) < 4.78 is 12.1. The quantitative estimate of drug-likeness (QED) is 0.867. The van der Waals surface area contributed by atoms with Crippen LogP contribution in [0, 0.1) is 0 Å². The molecule has 1 saturated heterocycles. The van der Waals surface area contributed by atoms with Crippen molar-refractivity contribution in [2.24, 2.45) is 0 Å². The predicted molar refractivity (Wildman–Crippen MR) is 91.0 cm³/mol. The van der Waals surface area contributed by atoms with E-state index >= 15 is 0 Å². The van der Waals surface area contributed by atoms with Crippen LogP contribution in [0.4, 0.5) is 4.79 Å². The Morgan fingerprint density at radius 2 is 1.83 bits per heavy atom. The zero-order chi connectivity index (χ0) is 17.4. The number of nitrogens with zero attached hydrogens (tertiary/aromatic N) is 1. The number of rotatable bonds is 4. The maximum atomic E-state index is 11.3. The highest BCUT2D eigenvalue weighted by Gasteiger charge is 2.51. The average molecular weight is 319 g/mol. The van der Waals surface area contributed by atoms with Crippen molar-refractivity contribution in [2.75, 3.05) is 6.54 Å². The van der Waals surface area contributed by atoms with Crippen LogP contribution in [0.2, 0.25) is 0 Å². The van der Waals surface area contributed by atoms with E-state index in [1.54, 1.807) is 0 Å². The van der Waals surface area contributed by atoms with Gasteiger partial charge in [0.25, 0.3) is 0 Å². The first-order chi connectivity index (χ1) is 10.6. The average Bonchev–Trinajstić information content (AvgIpc) is 2.68. The van der Waals surface area contributed by atoms with Crippen molar-refractivity contribution in [2.45, 2.75) is 58.8 Å². The van der Waals surface area contributed by atoms with Crippen molar-refractivity contribution in [3.8, 4) is 0 Å². The molecular formula is C17H26BNO4. The number of hydrogen-bond donors (Lipinski definition) is 1. The van der Waals surface area contributed by atoms with Crippen molar-refractivity contribution in [3.05, 3.63) is 29.8 Å². The highest BCUT2D eigenvalue weighted by Crippen LogP contribution is 2.36. The molecule has 126 valence electrons. The van der Waals surface area contributed by atoms with E-state index in [-0.39, 0.29) is 6.04 Å². The lowest BCUT2D eigenvalue weighted by atomic mass is 9.78. The third-order valence-electron chi connectivity index (χ3n) is 4.97. The monoisotopic (exact) mass is 319 g/mol. The van der Waals surface area contributed by atoms with Gasteiger partial charge in [-0.15, -0.1) is 0 Å². The zero-order valence-electron chi connectivity index (χ0n) is 14.8. The topological polar surface area (TPSA) is 59.0 Å². The lowest BCUT2D eigenvalue weighted by molar-refractivity contribution is 0.00578. The molecule has 1 aromatic carbocycles. The molecule has 0 aromatic heterocycles. The van der Waals surface area contributed by atoms with E-state index in [1.807, 2.05) is 65.8 Å². The molecule has 6 heteroatoms. The van der Waals surface area contributed by atoms with E-state index in [0.717, 1.165) is 11.0 Å². The van der Waals surface area contributed by atoms with E-state index < -0.39 is 24.4 Å². The van der Waals surface area contributed by atoms with Gasteiger partial charge in [-0.25, -0.2) is 4.79 Å². The van der Waals surface area contributed by atoms with Gasteiger partial charge in [-0.2, -0.15) is 0 Å². The Hall–Kier alpha value is -1.53. The Balaban J connectivity index is 2.26. The lowest BCUT2D eigenvalue weighted by Gasteiger charge is -2.32. The molecule has 0 bridgehead atoms. The molecule has 2 rings (SSSR count). The number of carboxylic acid groups (broad SMARTS) is 1. The molecule has 0 radical (unpaired) electrons. The summed E-state index contributed by atoms with van der Waals surface area (Å²) in [6.07, 6.45) is -0.916. The standard InChI is InChI=1S/C17H26BNO4/c1-7-19(15(20)21)12(2)13-9-8-10-14(11-13)18-22-16(3,4)17(5,6)23-18/h8-12H,7H2,1-6H3,(H,20,21). The highest BCUT2D eigenvalue weighted by molar-refractivity contribution is 6.62. The number of carbonyl (C=O) groups is 1. The van der Waals surface area contributed by atoms with Gasteiger partial charge in [-0.05, 0) is 52.6 Å². The molecule has 1 aliphatic heterocycles. The minimum absolute atomic E-state index is 0.222. The molecule has 1 fully saturated rings. The number of hydrogen-bond acceptors (Lipinski definition) is 3. The van der Waals surface area contributed by atoms with Crippen LogP contribution in [-0.2, 0) is 9.31 Å². The fourth-order valence-electron chi connectivity index (χ4n) is 2.70. The molecule has 1 heterocycles. The zero-order valence-corrected chi connectivity index (χ0v) is 14.8. The van der Waals surface area contributed by atoms with Crippen LogP contribution < -0.4 is 5.46 Å². The van der Waals surface area contributed by atoms with Crippen molar-refractivity contribution < 1.29 is 19.2 Å². The fourth-order valence-corrected chi connectivity index (χ4v) is 2.70. The second-order valence-electron chi connectivity index (χ2n) is 7.00. The van der Waals surface area contributed by atoms with Gasteiger partial charge in [0, 0.05) is 6.54 Å². The van der Waals surface area contributed by atoms with Crippen molar-refractivity contribution in [3.63, 3.8) is 0 Å². The Labute approximate surface area is 138 Å².